The van der Waals surface area contributed by atoms with Crippen molar-refractivity contribution in [1.29, 1.82) is 0 Å². The third kappa shape index (κ3) is 6.02. The molecule has 1 aromatic heterocycles. The summed E-state index contributed by atoms with van der Waals surface area (Å²) in [5.41, 5.74) is 2.53. The molecule has 1 heterocycles. The highest BCUT2D eigenvalue weighted by Crippen LogP contribution is 2.25. The van der Waals surface area contributed by atoms with E-state index in [9.17, 15) is 14.0 Å². The van der Waals surface area contributed by atoms with E-state index in [1.54, 1.807) is 41.8 Å². The molecule has 166 valence electrons. The number of thiazole rings is 1. The number of halogens is 1. The van der Waals surface area contributed by atoms with Crippen molar-refractivity contribution < 1.29 is 23.5 Å². The lowest BCUT2D eigenvalue weighted by atomic mass is 10.2. The standard InChI is InChI=1S/C25H19FN2O4S/c26-19-12-10-18(11-13-19)21-16-33-25(27-21)28-23(29)15-32-24(30)20-8-4-5-9-22(20)31-14-17-6-2-1-3-7-17/h1-13,16H,14-15H2,(H,27,28,29). The quantitative estimate of drug-likeness (QED) is 0.359. The number of aromatic nitrogens is 1. The van der Waals surface area contributed by atoms with Crippen molar-refractivity contribution in [1.82, 2.24) is 4.98 Å². The number of rotatable bonds is 8. The molecule has 0 radical (unpaired) electrons. The first-order valence-corrected chi connectivity index (χ1v) is 10.9. The molecule has 4 aromatic rings. The molecule has 0 fully saturated rings. The molecule has 0 spiro atoms. The topological polar surface area (TPSA) is 77.5 Å². The second-order valence-electron chi connectivity index (χ2n) is 6.94. The number of carbonyl (C=O) groups excluding carboxylic acids is 2. The highest BCUT2D eigenvalue weighted by Gasteiger charge is 2.16. The lowest BCUT2D eigenvalue weighted by Crippen LogP contribution is -2.21. The van der Waals surface area contributed by atoms with E-state index < -0.39 is 18.5 Å². The molecule has 1 N–H and O–H groups in total. The third-order valence-corrected chi connectivity index (χ3v) is 5.33. The molecule has 1 amide bonds. The minimum absolute atomic E-state index is 0.231. The van der Waals surface area contributed by atoms with E-state index in [0.717, 1.165) is 11.1 Å². The van der Waals surface area contributed by atoms with Crippen LogP contribution in [0.3, 0.4) is 0 Å². The van der Waals surface area contributed by atoms with Crippen LogP contribution in [0.1, 0.15) is 15.9 Å². The van der Waals surface area contributed by atoms with E-state index in [0.29, 0.717) is 23.2 Å². The molecule has 4 rings (SSSR count). The molecule has 33 heavy (non-hydrogen) atoms. The molecule has 0 aliphatic rings. The van der Waals surface area contributed by atoms with Gasteiger partial charge < -0.3 is 9.47 Å². The maximum Gasteiger partial charge on any atom is 0.342 e. The predicted molar refractivity (Wildman–Crippen MR) is 124 cm³/mol. The number of nitrogens with one attached hydrogen (secondary N) is 1. The molecular formula is C25H19FN2O4S. The summed E-state index contributed by atoms with van der Waals surface area (Å²) >= 11 is 1.22. The molecule has 0 unspecified atom stereocenters. The summed E-state index contributed by atoms with van der Waals surface area (Å²) in [6, 6.07) is 22.2. The summed E-state index contributed by atoms with van der Waals surface area (Å²) in [5.74, 6) is -1.15. The van der Waals surface area contributed by atoms with Gasteiger partial charge in [0.15, 0.2) is 11.7 Å². The third-order valence-electron chi connectivity index (χ3n) is 4.57. The average Bonchev–Trinajstić information content (AvgIpc) is 3.31. The Kier molecular flexibility index (Phi) is 7.06. The lowest BCUT2D eigenvalue weighted by molar-refractivity contribution is -0.119. The van der Waals surface area contributed by atoms with Crippen molar-refractivity contribution >= 4 is 28.3 Å². The van der Waals surface area contributed by atoms with Crippen molar-refractivity contribution in [3.63, 3.8) is 0 Å². The smallest absolute Gasteiger partial charge is 0.342 e. The van der Waals surface area contributed by atoms with Gasteiger partial charge >= 0.3 is 5.97 Å². The predicted octanol–water partition coefficient (Wildman–Crippen LogP) is 5.32. The summed E-state index contributed by atoms with van der Waals surface area (Å²) in [5, 5.41) is 4.69. The molecule has 0 bridgehead atoms. The van der Waals surface area contributed by atoms with E-state index in [1.165, 1.54) is 23.5 Å². The Bertz CT molecular complexity index is 1240. The van der Waals surface area contributed by atoms with Gasteiger partial charge in [-0.05, 0) is 42.0 Å². The number of benzene rings is 3. The summed E-state index contributed by atoms with van der Waals surface area (Å²) < 4.78 is 24.0. The maximum absolute atomic E-state index is 13.1. The van der Waals surface area contributed by atoms with Gasteiger partial charge in [-0.3, -0.25) is 10.1 Å². The first-order valence-electron chi connectivity index (χ1n) is 10.0. The van der Waals surface area contributed by atoms with Crippen LogP contribution in [0.2, 0.25) is 0 Å². The van der Waals surface area contributed by atoms with Crippen LogP contribution in [0.4, 0.5) is 9.52 Å². The minimum atomic E-state index is -0.667. The Hall–Kier alpha value is -4.04. The lowest BCUT2D eigenvalue weighted by Gasteiger charge is -2.11. The van der Waals surface area contributed by atoms with Gasteiger partial charge in [0.1, 0.15) is 23.7 Å². The van der Waals surface area contributed by atoms with Gasteiger partial charge in [-0.15, -0.1) is 11.3 Å². The Labute approximate surface area is 193 Å². The van der Waals surface area contributed by atoms with Crippen LogP contribution in [0.15, 0.2) is 84.2 Å². The fraction of sp³-hybridized carbons (Fsp3) is 0.0800. The Balaban J connectivity index is 1.32. The first kappa shape index (κ1) is 22.2. The van der Waals surface area contributed by atoms with Crippen LogP contribution >= 0.6 is 11.3 Å². The molecular weight excluding hydrogens is 443 g/mol. The van der Waals surface area contributed by atoms with Gasteiger partial charge in [0.25, 0.3) is 5.91 Å². The van der Waals surface area contributed by atoms with E-state index >= 15 is 0 Å². The second kappa shape index (κ2) is 10.5. The molecule has 0 atom stereocenters. The number of esters is 1. The van der Waals surface area contributed by atoms with Crippen molar-refractivity contribution in [3.8, 4) is 17.0 Å². The molecule has 0 saturated heterocycles. The van der Waals surface area contributed by atoms with Crippen molar-refractivity contribution in [2.75, 3.05) is 11.9 Å². The molecule has 8 heteroatoms. The van der Waals surface area contributed by atoms with E-state index in [4.69, 9.17) is 9.47 Å². The van der Waals surface area contributed by atoms with E-state index in [2.05, 4.69) is 10.3 Å². The van der Waals surface area contributed by atoms with Gasteiger partial charge in [-0.25, -0.2) is 14.2 Å². The van der Waals surface area contributed by atoms with Gasteiger partial charge in [0.2, 0.25) is 0 Å². The summed E-state index contributed by atoms with van der Waals surface area (Å²) in [7, 11) is 0. The van der Waals surface area contributed by atoms with Crippen LogP contribution < -0.4 is 10.1 Å². The second-order valence-corrected chi connectivity index (χ2v) is 7.80. The highest BCUT2D eigenvalue weighted by molar-refractivity contribution is 7.14. The SMILES string of the molecule is O=C(COC(=O)c1ccccc1OCc1ccccc1)Nc1nc(-c2ccc(F)cc2)cs1. The normalized spacial score (nSPS) is 10.5. The Morgan fingerprint density at radius 3 is 2.45 bits per heavy atom. The van der Waals surface area contributed by atoms with Gasteiger partial charge in [-0.2, -0.15) is 0 Å². The highest BCUT2D eigenvalue weighted by atomic mass is 32.1. The van der Waals surface area contributed by atoms with Crippen molar-refractivity contribution in [2.24, 2.45) is 0 Å². The first-order chi connectivity index (χ1) is 16.1. The fourth-order valence-electron chi connectivity index (χ4n) is 2.95. The Morgan fingerprint density at radius 2 is 1.67 bits per heavy atom. The molecule has 0 saturated carbocycles. The number of amides is 1. The van der Waals surface area contributed by atoms with E-state index in [-0.39, 0.29) is 11.4 Å². The summed E-state index contributed by atoms with van der Waals surface area (Å²) in [6.07, 6.45) is 0. The van der Waals surface area contributed by atoms with Gasteiger partial charge in [-0.1, -0.05) is 42.5 Å². The maximum atomic E-state index is 13.1. The zero-order chi connectivity index (χ0) is 23.0. The zero-order valence-corrected chi connectivity index (χ0v) is 18.2. The summed E-state index contributed by atoms with van der Waals surface area (Å²) in [6.45, 7) is -0.177. The minimum Gasteiger partial charge on any atom is -0.488 e. The number of hydrogen-bond acceptors (Lipinski definition) is 6. The van der Waals surface area contributed by atoms with Crippen LogP contribution in [-0.2, 0) is 16.1 Å². The largest absolute Gasteiger partial charge is 0.488 e. The molecule has 6 nitrogen and oxygen atoms in total. The average molecular weight is 463 g/mol. The number of anilines is 1. The number of nitrogens with zero attached hydrogens (tertiary/aromatic N) is 1. The van der Waals surface area contributed by atoms with Crippen LogP contribution in [0.5, 0.6) is 5.75 Å². The number of ether oxygens (including phenoxy) is 2. The zero-order valence-electron chi connectivity index (χ0n) is 17.4. The monoisotopic (exact) mass is 462 g/mol. The van der Waals surface area contributed by atoms with Crippen LogP contribution in [-0.4, -0.2) is 23.5 Å². The fourth-order valence-corrected chi connectivity index (χ4v) is 3.68. The van der Waals surface area contributed by atoms with Crippen molar-refractivity contribution in [2.45, 2.75) is 6.61 Å². The van der Waals surface area contributed by atoms with Crippen LogP contribution in [0, 0.1) is 5.82 Å². The molecule has 3 aromatic carbocycles. The van der Waals surface area contributed by atoms with Gasteiger partial charge in [0, 0.05) is 10.9 Å². The van der Waals surface area contributed by atoms with E-state index in [1.807, 2.05) is 30.3 Å². The Morgan fingerprint density at radius 1 is 0.939 bits per heavy atom. The molecule has 0 aliphatic heterocycles. The number of carbonyl (C=O) groups is 2. The summed E-state index contributed by atoms with van der Waals surface area (Å²) in [4.78, 5) is 29.1. The molecule has 0 aliphatic carbocycles. The van der Waals surface area contributed by atoms with Crippen molar-refractivity contribution in [3.05, 3.63) is 101 Å². The number of para-hydroxylation sites is 1. The van der Waals surface area contributed by atoms with Gasteiger partial charge in [0.05, 0.1) is 5.69 Å². The number of hydrogen-bond donors (Lipinski definition) is 1. The van der Waals surface area contributed by atoms with Crippen LogP contribution in [0.25, 0.3) is 11.3 Å².